The van der Waals surface area contributed by atoms with Crippen molar-refractivity contribution in [2.45, 2.75) is 19.8 Å². The lowest BCUT2D eigenvalue weighted by atomic mass is 10.1. The first kappa shape index (κ1) is 8.16. The summed E-state index contributed by atoms with van der Waals surface area (Å²) in [7, 11) is 1.94. The molecule has 4 heteroatoms. The first-order chi connectivity index (χ1) is 6.20. The van der Waals surface area contributed by atoms with E-state index in [1.165, 1.54) is 0 Å². The predicted octanol–water partition coefficient (Wildman–Crippen LogP) is 1.49. The normalized spacial score (nSPS) is 11.4. The minimum absolute atomic E-state index is 0.389. The Labute approximate surface area is 76.7 Å². The van der Waals surface area contributed by atoms with Crippen LogP contribution in [0.5, 0.6) is 0 Å². The molecule has 0 N–H and O–H groups in total. The summed E-state index contributed by atoms with van der Waals surface area (Å²) in [5.74, 6) is 0.389. The van der Waals surface area contributed by atoms with E-state index < -0.39 is 0 Å². The number of nitrogens with zero attached hydrogens (tertiary/aromatic N) is 4. The summed E-state index contributed by atoms with van der Waals surface area (Å²) in [6.07, 6.45) is 3.37. The van der Waals surface area contributed by atoms with Crippen LogP contribution in [0, 0.1) is 0 Å². The van der Waals surface area contributed by atoms with Gasteiger partial charge in [0.1, 0.15) is 11.8 Å². The molecule has 13 heavy (non-hydrogen) atoms. The van der Waals surface area contributed by atoms with Gasteiger partial charge in [-0.05, 0) is 5.92 Å². The second kappa shape index (κ2) is 2.80. The Morgan fingerprint density at radius 3 is 2.69 bits per heavy atom. The molecule has 0 atom stereocenters. The zero-order valence-electron chi connectivity index (χ0n) is 8.02. The average Bonchev–Trinajstić information content (AvgIpc) is 2.48. The number of hydrogen-bond acceptors (Lipinski definition) is 3. The van der Waals surface area contributed by atoms with Gasteiger partial charge in [0.2, 0.25) is 0 Å². The summed E-state index contributed by atoms with van der Waals surface area (Å²) in [4.78, 5) is 12.7. The van der Waals surface area contributed by atoms with Gasteiger partial charge in [0.25, 0.3) is 0 Å². The Kier molecular flexibility index (Phi) is 1.76. The summed E-state index contributed by atoms with van der Waals surface area (Å²) in [5, 5.41) is 0. The lowest BCUT2D eigenvalue weighted by molar-refractivity contribution is 0.824. The largest absolute Gasteiger partial charge is 0.318 e. The maximum absolute atomic E-state index is 4.28. The molecule has 0 bridgehead atoms. The Bertz CT molecular complexity index is 430. The molecule has 4 nitrogen and oxygen atoms in total. The van der Waals surface area contributed by atoms with E-state index in [2.05, 4.69) is 28.8 Å². The molecule has 2 aromatic rings. The third-order valence-electron chi connectivity index (χ3n) is 2.07. The molecule has 0 radical (unpaired) electrons. The SMILES string of the molecule is CC(C)c1ncnc2c1ncn2C. The topological polar surface area (TPSA) is 43.6 Å². The number of imidazole rings is 1. The molecule has 68 valence electrons. The summed E-state index contributed by atoms with van der Waals surface area (Å²) in [6, 6.07) is 0. The van der Waals surface area contributed by atoms with Crippen molar-refractivity contribution in [2.24, 2.45) is 7.05 Å². The molecule has 0 aliphatic heterocycles. The highest BCUT2D eigenvalue weighted by atomic mass is 15.1. The van der Waals surface area contributed by atoms with Gasteiger partial charge in [-0.15, -0.1) is 0 Å². The Morgan fingerprint density at radius 2 is 2.00 bits per heavy atom. The summed E-state index contributed by atoms with van der Waals surface area (Å²) < 4.78 is 1.91. The highest BCUT2D eigenvalue weighted by Crippen LogP contribution is 2.19. The molecule has 0 saturated carbocycles. The third-order valence-corrected chi connectivity index (χ3v) is 2.07. The van der Waals surface area contributed by atoms with E-state index in [-0.39, 0.29) is 0 Å². The quantitative estimate of drug-likeness (QED) is 0.661. The second-order valence-corrected chi connectivity index (χ2v) is 3.44. The van der Waals surface area contributed by atoms with Crippen molar-refractivity contribution in [3.8, 4) is 0 Å². The van der Waals surface area contributed by atoms with E-state index in [9.17, 15) is 0 Å². The third kappa shape index (κ3) is 1.18. The fourth-order valence-corrected chi connectivity index (χ4v) is 1.39. The zero-order valence-corrected chi connectivity index (χ0v) is 8.02. The van der Waals surface area contributed by atoms with E-state index in [1.54, 1.807) is 12.7 Å². The van der Waals surface area contributed by atoms with Crippen molar-refractivity contribution in [3.63, 3.8) is 0 Å². The zero-order chi connectivity index (χ0) is 9.42. The Balaban J connectivity index is 2.77. The van der Waals surface area contributed by atoms with Crippen molar-refractivity contribution >= 4 is 11.2 Å². The van der Waals surface area contributed by atoms with Crippen LogP contribution in [0.3, 0.4) is 0 Å². The van der Waals surface area contributed by atoms with Gasteiger partial charge in [-0.2, -0.15) is 0 Å². The molecule has 2 aromatic heterocycles. The van der Waals surface area contributed by atoms with Crippen molar-refractivity contribution in [1.29, 1.82) is 0 Å². The minimum Gasteiger partial charge on any atom is -0.318 e. The van der Waals surface area contributed by atoms with Gasteiger partial charge in [0, 0.05) is 7.05 Å². The van der Waals surface area contributed by atoms with Crippen molar-refractivity contribution < 1.29 is 0 Å². The van der Waals surface area contributed by atoms with Crippen LogP contribution < -0.4 is 0 Å². The van der Waals surface area contributed by atoms with Crippen LogP contribution >= 0.6 is 0 Å². The summed E-state index contributed by atoms with van der Waals surface area (Å²) in [6.45, 7) is 4.22. The summed E-state index contributed by atoms with van der Waals surface area (Å²) in [5.41, 5.74) is 2.84. The molecule has 0 unspecified atom stereocenters. The molecule has 0 aromatic carbocycles. The van der Waals surface area contributed by atoms with Crippen molar-refractivity contribution in [3.05, 3.63) is 18.3 Å². The number of fused-ring (bicyclic) bond motifs is 1. The molecule has 0 aliphatic carbocycles. The van der Waals surface area contributed by atoms with Crippen LogP contribution in [0.1, 0.15) is 25.5 Å². The van der Waals surface area contributed by atoms with E-state index in [1.807, 2.05) is 11.6 Å². The highest BCUT2D eigenvalue weighted by Gasteiger charge is 2.10. The van der Waals surface area contributed by atoms with Crippen LogP contribution in [0.2, 0.25) is 0 Å². The predicted molar refractivity (Wildman–Crippen MR) is 50.4 cm³/mol. The van der Waals surface area contributed by atoms with Crippen molar-refractivity contribution in [1.82, 2.24) is 19.5 Å². The smallest absolute Gasteiger partial charge is 0.163 e. The van der Waals surface area contributed by atoms with Gasteiger partial charge in [-0.1, -0.05) is 13.8 Å². The number of hydrogen-bond donors (Lipinski definition) is 0. The molecule has 0 spiro atoms. The molecular formula is C9H12N4. The van der Waals surface area contributed by atoms with Gasteiger partial charge in [0.05, 0.1) is 12.0 Å². The van der Waals surface area contributed by atoms with Gasteiger partial charge in [-0.25, -0.2) is 15.0 Å². The first-order valence-corrected chi connectivity index (χ1v) is 4.32. The monoisotopic (exact) mass is 176 g/mol. The average molecular weight is 176 g/mol. The fraction of sp³-hybridized carbons (Fsp3) is 0.444. The van der Waals surface area contributed by atoms with Crippen LogP contribution in [-0.2, 0) is 7.05 Å². The molecular weight excluding hydrogens is 164 g/mol. The van der Waals surface area contributed by atoms with Crippen LogP contribution in [-0.4, -0.2) is 19.5 Å². The standard InChI is InChI=1S/C9H12N4/c1-6(2)7-8-9(11-4-10-7)13(3)5-12-8/h4-6H,1-3H3. The van der Waals surface area contributed by atoms with Crippen LogP contribution in [0.25, 0.3) is 11.2 Å². The van der Waals surface area contributed by atoms with E-state index in [4.69, 9.17) is 0 Å². The first-order valence-electron chi connectivity index (χ1n) is 4.32. The lowest BCUT2D eigenvalue weighted by Gasteiger charge is -2.03. The molecule has 0 saturated heterocycles. The van der Waals surface area contributed by atoms with E-state index >= 15 is 0 Å². The lowest BCUT2D eigenvalue weighted by Crippen LogP contribution is -1.96. The molecule has 0 aliphatic rings. The van der Waals surface area contributed by atoms with Gasteiger partial charge >= 0.3 is 0 Å². The fourth-order valence-electron chi connectivity index (χ4n) is 1.39. The van der Waals surface area contributed by atoms with Crippen LogP contribution in [0.15, 0.2) is 12.7 Å². The Morgan fingerprint density at radius 1 is 1.23 bits per heavy atom. The van der Waals surface area contributed by atoms with Gasteiger partial charge < -0.3 is 4.57 Å². The van der Waals surface area contributed by atoms with Gasteiger partial charge in [-0.3, -0.25) is 0 Å². The van der Waals surface area contributed by atoms with E-state index in [0.717, 1.165) is 16.9 Å². The minimum atomic E-state index is 0.389. The summed E-state index contributed by atoms with van der Waals surface area (Å²) >= 11 is 0. The number of aryl methyl sites for hydroxylation is 1. The maximum Gasteiger partial charge on any atom is 0.163 e. The Hall–Kier alpha value is -1.45. The molecule has 0 amide bonds. The number of rotatable bonds is 1. The molecule has 2 heterocycles. The highest BCUT2D eigenvalue weighted by molar-refractivity contribution is 5.73. The molecule has 0 fully saturated rings. The van der Waals surface area contributed by atoms with Crippen molar-refractivity contribution in [2.75, 3.05) is 0 Å². The second-order valence-electron chi connectivity index (χ2n) is 3.44. The van der Waals surface area contributed by atoms with Crippen LogP contribution in [0.4, 0.5) is 0 Å². The van der Waals surface area contributed by atoms with Gasteiger partial charge in [0.15, 0.2) is 5.65 Å². The van der Waals surface area contributed by atoms with E-state index in [0.29, 0.717) is 5.92 Å². The maximum atomic E-state index is 4.28. The molecule has 2 rings (SSSR count). The number of aromatic nitrogens is 4.